The molecule has 1 aromatic carbocycles. The maximum Gasteiger partial charge on any atom is 0.276 e. The lowest BCUT2D eigenvalue weighted by Gasteiger charge is -2.21. The highest BCUT2D eigenvalue weighted by Gasteiger charge is 2.20. The molecule has 2 heterocycles. The van der Waals surface area contributed by atoms with Gasteiger partial charge in [0.1, 0.15) is 11.5 Å². The topological polar surface area (TPSA) is 84.7 Å². The van der Waals surface area contributed by atoms with Crippen molar-refractivity contribution in [3.05, 3.63) is 46.3 Å². The highest BCUT2D eigenvalue weighted by atomic mass is 35.5. The Morgan fingerprint density at radius 1 is 1.24 bits per heavy atom. The molecular weight excluding hydrogens is 394 g/mol. The second kappa shape index (κ2) is 10.3. The second-order valence-corrected chi connectivity index (χ2v) is 7.46. The molecule has 1 N–H and O–H groups in total. The number of carbonyl (C=O) groups excluding carboxylic acids is 2. The van der Waals surface area contributed by atoms with E-state index in [1.807, 2.05) is 6.92 Å². The van der Waals surface area contributed by atoms with Crippen LogP contribution in [0.25, 0.3) is 0 Å². The molecule has 7 nitrogen and oxygen atoms in total. The minimum absolute atomic E-state index is 0.137. The van der Waals surface area contributed by atoms with Gasteiger partial charge in [0.05, 0.1) is 12.2 Å². The van der Waals surface area contributed by atoms with Gasteiger partial charge in [-0.2, -0.15) is 0 Å². The van der Waals surface area contributed by atoms with Gasteiger partial charge < -0.3 is 19.5 Å². The molecule has 3 rings (SSSR count). The Hall–Kier alpha value is -2.54. The van der Waals surface area contributed by atoms with Crippen LogP contribution >= 0.6 is 11.6 Å². The standard InChI is InChI=1S/C21H26ClN3O4/c1-2-6-16-14-18(24-29-16)21(27)25-10-4-3-9-23-20(26)17-13-15(22)7-8-19(17)28-12-5-11-25/h7-8,13-14H,2-6,9-12H2,1H3,(H,23,26). The van der Waals surface area contributed by atoms with Crippen molar-refractivity contribution in [3.8, 4) is 5.75 Å². The van der Waals surface area contributed by atoms with Crippen molar-refractivity contribution in [2.24, 2.45) is 0 Å². The monoisotopic (exact) mass is 419 g/mol. The van der Waals surface area contributed by atoms with Crippen LogP contribution in [-0.4, -0.2) is 48.1 Å². The van der Waals surface area contributed by atoms with Gasteiger partial charge in [0.2, 0.25) is 0 Å². The van der Waals surface area contributed by atoms with Crippen LogP contribution in [0.15, 0.2) is 28.8 Å². The van der Waals surface area contributed by atoms with Crippen LogP contribution in [0.2, 0.25) is 5.02 Å². The average molecular weight is 420 g/mol. The van der Waals surface area contributed by atoms with Gasteiger partial charge in [-0.1, -0.05) is 23.7 Å². The van der Waals surface area contributed by atoms with Crippen LogP contribution in [0.5, 0.6) is 5.75 Å². The lowest BCUT2D eigenvalue weighted by atomic mass is 10.2. The van der Waals surface area contributed by atoms with Crippen molar-refractivity contribution < 1.29 is 18.8 Å². The maximum atomic E-state index is 12.9. The van der Waals surface area contributed by atoms with Gasteiger partial charge >= 0.3 is 0 Å². The third-order valence-corrected chi connectivity index (χ3v) is 4.95. The Kier molecular flexibility index (Phi) is 7.52. The molecule has 0 saturated carbocycles. The number of fused-ring (bicyclic) bond motifs is 1. The summed E-state index contributed by atoms with van der Waals surface area (Å²) in [5.74, 6) is 0.871. The predicted molar refractivity (Wildman–Crippen MR) is 110 cm³/mol. The Balaban J connectivity index is 1.69. The maximum absolute atomic E-state index is 12.9. The minimum Gasteiger partial charge on any atom is -0.493 e. The van der Waals surface area contributed by atoms with Crippen LogP contribution < -0.4 is 10.1 Å². The van der Waals surface area contributed by atoms with Crippen molar-refractivity contribution in [2.75, 3.05) is 26.2 Å². The number of hydrogen-bond donors (Lipinski definition) is 1. The summed E-state index contributed by atoms with van der Waals surface area (Å²) in [6.45, 7) is 4.07. The molecule has 2 amide bonds. The van der Waals surface area contributed by atoms with Crippen LogP contribution in [0.4, 0.5) is 0 Å². The van der Waals surface area contributed by atoms with Gasteiger partial charge in [0.15, 0.2) is 5.69 Å². The zero-order valence-corrected chi connectivity index (χ0v) is 17.3. The Labute approximate surface area is 175 Å². The van der Waals surface area contributed by atoms with E-state index in [1.165, 1.54) is 0 Å². The molecule has 1 aromatic heterocycles. The third-order valence-electron chi connectivity index (χ3n) is 4.72. The summed E-state index contributed by atoms with van der Waals surface area (Å²) in [7, 11) is 0. The number of rotatable bonds is 3. The Morgan fingerprint density at radius 3 is 2.90 bits per heavy atom. The van der Waals surface area contributed by atoms with Crippen molar-refractivity contribution >= 4 is 23.4 Å². The number of benzene rings is 1. The highest BCUT2D eigenvalue weighted by molar-refractivity contribution is 6.31. The van der Waals surface area contributed by atoms with E-state index >= 15 is 0 Å². The molecule has 0 bridgehead atoms. The summed E-state index contributed by atoms with van der Waals surface area (Å²) in [5, 5.41) is 7.31. The van der Waals surface area contributed by atoms with E-state index in [-0.39, 0.29) is 11.8 Å². The molecule has 29 heavy (non-hydrogen) atoms. The minimum atomic E-state index is -0.208. The number of carbonyl (C=O) groups is 2. The molecule has 1 aliphatic rings. The molecule has 0 fully saturated rings. The molecule has 0 unspecified atom stereocenters. The third kappa shape index (κ3) is 5.73. The zero-order chi connectivity index (χ0) is 20.6. The van der Waals surface area contributed by atoms with Gasteiger partial charge in [-0.3, -0.25) is 9.59 Å². The van der Waals surface area contributed by atoms with Crippen LogP contribution in [0.1, 0.15) is 59.2 Å². The van der Waals surface area contributed by atoms with E-state index < -0.39 is 0 Å². The lowest BCUT2D eigenvalue weighted by molar-refractivity contribution is 0.0733. The number of halogens is 1. The van der Waals surface area contributed by atoms with E-state index in [0.717, 1.165) is 31.4 Å². The first-order valence-corrected chi connectivity index (χ1v) is 10.4. The van der Waals surface area contributed by atoms with Gasteiger partial charge in [-0.15, -0.1) is 0 Å². The molecule has 8 heteroatoms. The van der Waals surface area contributed by atoms with E-state index in [4.69, 9.17) is 20.9 Å². The molecule has 0 aliphatic carbocycles. The first kappa shape index (κ1) is 21.2. The van der Waals surface area contributed by atoms with Crippen molar-refractivity contribution in [1.29, 1.82) is 0 Å². The first-order chi connectivity index (χ1) is 14.1. The largest absolute Gasteiger partial charge is 0.493 e. The molecule has 0 radical (unpaired) electrons. The number of aromatic nitrogens is 1. The molecule has 0 saturated heterocycles. The fourth-order valence-corrected chi connectivity index (χ4v) is 3.39. The van der Waals surface area contributed by atoms with Crippen LogP contribution in [0, 0.1) is 0 Å². The fraction of sp³-hybridized carbons (Fsp3) is 0.476. The molecule has 0 atom stereocenters. The highest BCUT2D eigenvalue weighted by Crippen LogP contribution is 2.23. The number of amides is 2. The van der Waals surface area contributed by atoms with Crippen LogP contribution in [0.3, 0.4) is 0 Å². The first-order valence-electron chi connectivity index (χ1n) is 10.0. The van der Waals surface area contributed by atoms with E-state index in [9.17, 15) is 9.59 Å². The van der Waals surface area contributed by atoms with Crippen molar-refractivity contribution in [2.45, 2.75) is 39.0 Å². The van der Waals surface area contributed by atoms with Crippen LogP contribution in [-0.2, 0) is 6.42 Å². The summed E-state index contributed by atoms with van der Waals surface area (Å²) in [6.07, 6.45) is 3.86. The SMILES string of the molecule is CCCc1cc(C(=O)N2CCCCNC(=O)c3cc(Cl)ccc3OCCC2)no1. The number of nitrogens with zero attached hydrogens (tertiary/aromatic N) is 2. The van der Waals surface area contributed by atoms with E-state index in [2.05, 4.69) is 10.5 Å². The molecule has 2 aromatic rings. The lowest BCUT2D eigenvalue weighted by Crippen LogP contribution is -2.34. The summed E-state index contributed by atoms with van der Waals surface area (Å²) < 4.78 is 11.1. The number of nitrogens with one attached hydrogen (secondary N) is 1. The Morgan fingerprint density at radius 2 is 2.07 bits per heavy atom. The van der Waals surface area contributed by atoms with Gasteiger partial charge in [-0.05, 0) is 43.9 Å². The summed E-state index contributed by atoms with van der Waals surface area (Å²) in [4.78, 5) is 27.1. The molecule has 0 spiro atoms. The molecule has 1 aliphatic heterocycles. The number of ether oxygens (including phenoxy) is 1. The summed E-state index contributed by atoms with van der Waals surface area (Å²) >= 11 is 6.03. The van der Waals surface area contributed by atoms with E-state index in [1.54, 1.807) is 29.2 Å². The molecular formula is C21H26ClN3O4. The second-order valence-electron chi connectivity index (χ2n) is 7.03. The fourth-order valence-electron chi connectivity index (χ4n) is 3.22. The molecule has 156 valence electrons. The normalized spacial score (nSPS) is 15.9. The van der Waals surface area contributed by atoms with Crippen molar-refractivity contribution in [3.63, 3.8) is 0 Å². The average Bonchev–Trinajstić information content (AvgIpc) is 3.18. The smallest absolute Gasteiger partial charge is 0.276 e. The van der Waals surface area contributed by atoms with Crippen molar-refractivity contribution in [1.82, 2.24) is 15.4 Å². The Bertz CT molecular complexity index is 852. The van der Waals surface area contributed by atoms with E-state index in [0.29, 0.717) is 54.7 Å². The quantitative estimate of drug-likeness (QED) is 0.819. The predicted octanol–water partition coefficient (Wildman–Crippen LogP) is 3.72. The zero-order valence-electron chi connectivity index (χ0n) is 16.6. The number of aryl methyl sites for hydroxylation is 1. The van der Waals surface area contributed by atoms with Gasteiger partial charge in [0, 0.05) is 37.1 Å². The number of hydrogen-bond acceptors (Lipinski definition) is 5. The van der Waals surface area contributed by atoms with Gasteiger partial charge in [-0.25, -0.2) is 0 Å². The summed E-state index contributed by atoms with van der Waals surface area (Å²) in [5.41, 5.74) is 0.766. The summed E-state index contributed by atoms with van der Waals surface area (Å²) in [6, 6.07) is 6.73. The van der Waals surface area contributed by atoms with Gasteiger partial charge in [0.25, 0.3) is 11.8 Å².